The SMILES string of the molecule is CC1(C)CCN(C2CCCCC2N)CCS1. The fraction of sp³-hybridized carbons (Fsp3) is 1.00. The average molecular weight is 242 g/mol. The van der Waals surface area contributed by atoms with Gasteiger partial charge in [-0.3, -0.25) is 4.90 Å². The second-order valence-corrected chi connectivity index (χ2v) is 7.71. The van der Waals surface area contributed by atoms with Gasteiger partial charge in [-0.15, -0.1) is 0 Å². The minimum absolute atomic E-state index is 0.431. The summed E-state index contributed by atoms with van der Waals surface area (Å²) >= 11 is 2.13. The topological polar surface area (TPSA) is 29.3 Å². The Kier molecular flexibility index (Phi) is 4.20. The van der Waals surface area contributed by atoms with Crippen LogP contribution in [-0.4, -0.2) is 40.6 Å². The fourth-order valence-electron chi connectivity index (χ4n) is 2.96. The summed E-state index contributed by atoms with van der Waals surface area (Å²) in [5.74, 6) is 1.27. The molecule has 0 amide bonds. The third-order valence-corrected chi connectivity index (χ3v) is 5.50. The molecular weight excluding hydrogens is 216 g/mol. The molecule has 2 unspecified atom stereocenters. The van der Waals surface area contributed by atoms with Crippen molar-refractivity contribution in [3.63, 3.8) is 0 Å². The summed E-state index contributed by atoms with van der Waals surface area (Å²) in [5, 5.41) is 0. The van der Waals surface area contributed by atoms with Crippen molar-refractivity contribution in [2.24, 2.45) is 5.73 Å². The van der Waals surface area contributed by atoms with Gasteiger partial charge in [0.2, 0.25) is 0 Å². The standard InChI is InChI=1S/C13H26N2S/c1-13(2)7-8-15(9-10-16-13)12-6-4-3-5-11(12)14/h11-12H,3-10,14H2,1-2H3. The molecular formula is C13H26N2S. The number of thioether (sulfide) groups is 1. The van der Waals surface area contributed by atoms with E-state index in [1.54, 1.807) is 0 Å². The molecule has 2 aliphatic rings. The molecule has 2 atom stereocenters. The molecule has 1 heterocycles. The molecule has 1 aliphatic carbocycles. The summed E-state index contributed by atoms with van der Waals surface area (Å²) in [6.45, 7) is 7.24. The van der Waals surface area contributed by atoms with Crippen molar-refractivity contribution < 1.29 is 0 Å². The number of nitrogens with zero attached hydrogens (tertiary/aromatic N) is 1. The summed E-state index contributed by atoms with van der Waals surface area (Å²) in [5.41, 5.74) is 6.28. The first-order valence-corrected chi connectivity index (χ1v) is 7.71. The predicted octanol–water partition coefficient (Wildman–Crippen LogP) is 2.47. The largest absolute Gasteiger partial charge is 0.326 e. The Hall–Kier alpha value is 0.270. The lowest BCUT2D eigenvalue weighted by atomic mass is 9.89. The highest BCUT2D eigenvalue weighted by atomic mass is 32.2. The molecule has 0 aromatic carbocycles. The van der Waals surface area contributed by atoms with Crippen molar-refractivity contribution in [2.75, 3.05) is 18.8 Å². The van der Waals surface area contributed by atoms with Crippen LogP contribution in [0.2, 0.25) is 0 Å². The number of hydrogen-bond donors (Lipinski definition) is 1. The van der Waals surface area contributed by atoms with Crippen molar-refractivity contribution in [1.82, 2.24) is 4.90 Å². The van der Waals surface area contributed by atoms with Gasteiger partial charge in [-0.25, -0.2) is 0 Å². The van der Waals surface area contributed by atoms with Crippen molar-refractivity contribution in [3.05, 3.63) is 0 Å². The highest BCUT2D eigenvalue weighted by Gasteiger charge is 2.31. The van der Waals surface area contributed by atoms with Crippen LogP contribution in [0.25, 0.3) is 0 Å². The van der Waals surface area contributed by atoms with Crippen LogP contribution < -0.4 is 5.73 Å². The van der Waals surface area contributed by atoms with Gasteiger partial charge in [-0.05, 0) is 25.8 Å². The second kappa shape index (κ2) is 5.28. The first-order valence-electron chi connectivity index (χ1n) is 6.72. The van der Waals surface area contributed by atoms with E-state index in [2.05, 4.69) is 30.5 Å². The maximum atomic E-state index is 6.28. The summed E-state index contributed by atoms with van der Waals surface area (Å²) in [7, 11) is 0. The van der Waals surface area contributed by atoms with E-state index in [1.165, 1.54) is 50.9 Å². The lowest BCUT2D eigenvalue weighted by molar-refractivity contribution is 0.143. The highest BCUT2D eigenvalue weighted by molar-refractivity contribution is 8.00. The molecule has 94 valence electrons. The molecule has 0 aromatic rings. The van der Waals surface area contributed by atoms with E-state index < -0.39 is 0 Å². The van der Waals surface area contributed by atoms with Gasteiger partial charge in [0.15, 0.2) is 0 Å². The Morgan fingerprint density at radius 2 is 1.94 bits per heavy atom. The maximum Gasteiger partial charge on any atom is 0.0247 e. The quantitative estimate of drug-likeness (QED) is 0.766. The van der Waals surface area contributed by atoms with Gasteiger partial charge in [0.1, 0.15) is 0 Å². The number of nitrogens with two attached hydrogens (primary N) is 1. The second-order valence-electron chi connectivity index (χ2n) is 5.91. The zero-order valence-electron chi connectivity index (χ0n) is 10.7. The van der Waals surface area contributed by atoms with Crippen molar-refractivity contribution in [1.29, 1.82) is 0 Å². The summed E-state index contributed by atoms with van der Waals surface area (Å²) in [6.07, 6.45) is 6.59. The summed E-state index contributed by atoms with van der Waals surface area (Å²) < 4.78 is 0.466. The van der Waals surface area contributed by atoms with Crippen LogP contribution in [0.4, 0.5) is 0 Å². The van der Waals surface area contributed by atoms with Crippen LogP contribution in [0.5, 0.6) is 0 Å². The maximum absolute atomic E-state index is 6.28. The molecule has 0 radical (unpaired) electrons. The van der Waals surface area contributed by atoms with Crippen LogP contribution in [-0.2, 0) is 0 Å². The molecule has 16 heavy (non-hydrogen) atoms. The van der Waals surface area contributed by atoms with Gasteiger partial charge < -0.3 is 5.73 Å². The average Bonchev–Trinajstić information content (AvgIpc) is 2.40. The Morgan fingerprint density at radius 3 is 2.69 bits per heavy atom. The van der Waals surface area contributed by atoms with Crippen molar-refractivity contribution >= 4 is 11.8 Å². The highest BCUT2D eigenvalue weighted by Crippen LogP contribution is 2.33. The molecule has 2 N–H and O–H groups in total. The van der Waals surface area contributed by atoms with Crippen LogP contribution in [0, 0.1) is 0 Å². The zero-order valence-corrected chi connectivity index (χ0v) is 11.6. The molecule has 1 saturated heterocycles. The zero-order chi connectivity index (χ0) is 11.6. The van der Waals surface area contributed by atoms with E-state index in [0.29, 0.717) is 16.8 Å². The van der Waals surface area contributed by atoms with Crippen molar-refractivity contribution in [2.45, 2.75) is 62.8 Å². The van der Waals surface area contributed by atoms with Gasteiger partial charge in [-0.1, -0.05) is 26.7 Å². The minimum atomic E-state index is 0.431. The molecule has 2 fully saturated rings. The molecule has 0 aromatic heterocycles. The van der Waals surface area contributed by atoms with E-state index in [1.807, 2.05) is 0 Å². The molecule has 1 aliphatic heterocycles. The Bertz CT molecular complexity index is 230. The first kappa shape index (κ1) is 12.7. The van der Waals surface area contributed by atoms with E-state index in [-0.39, 0.29) is 0 Å². The lowest BCUT2D eigenvalue weighted by Gasteiger charge is -2.38. The molecule has 2 nitrogen and oxygen atoms in total. The summed E-state index contributed by atoms with van der Waals surface area (Å²) in [6, 6.07) is 1.10. The molecule has 1 saturated carbocycles. The Morgan fingerprint density at radius 1 is 1.19 bits per heavy atom. The third-order valence-electron chi connectivity index (χ3n) is 4.12. The number of rotatable bonds is 1. The molecule has 0 spiro atoms. The van der Waals surface area contributed by atoms with Gasteiger partial charge in [0.25, 0.3) is 0 Å². The van der Waals surface area contributed by atoms with E-state index in [4.69, 9.17) is 5.73 Å². The molecule has 2 rings (SSSR count). The lowest BCUT2D eigenvalue weighted by Crippen LogP contribution is -2.50. The summed E-state index contributed by atoms with van der Waals surface area (Å²) in [4.78, 5) is 2.67. The Balaban J connectivity index is 1.93. The van der Waals surface area contributed by atoms with Crippen LogP contribution >= 0.6 is 11.8 Å². The van der Waals surface area contributed by atoms with Crippen LogP contribution in [0.3, 0.4) is 0 Å². The van der Waals surface area contributed by atoms with Gasteiger partial charge in [-0.2, -0.15) is 11.8 Å². The van der Waals surface area contributed by atoms with Gasteiger partial charge >= 0.3 is 0 Å². The van der Waals surface area contributed by atoms with Gasteiger partial charge in [0, 0.05) is 29.1 Å². The molecule has 0 bridgehead atoms. The van der Waals surface area contributed by atoms with E-state index >= 15 is 0 Å². The smallest absolute Gasteiger partial charge is 0.0247 e. The van der Waals surface area contributed by atoms with E-state index in [9.17, 15) is 0 Å². The van der Waals surface area contributed by atoms with Crippen LogP contribution in [0.15, 0.2) is 0 Å². The minimum Gasteiger partial charge on any atom is -0.326 e. The normalized spacial score (nSPS) is 36.9. The van der Waals surface area contributed by atoms with Crippen LogP contribution in [0.1, 0.15) is 46.0 Å². The van der Waals surface area contributed by atoms with Gasteiger partial charge in [0.05, 0.1) is 0 Å². The van der Waals surface area contributed by atoms with E-state index in [0.717, 1.165) is 0 Å². The molecule has 3 heteroatoms. The third kappa shape index (κ3) is 3.14. The predicted molar refractivity (Wildman–Crippen MR) is 73.0 cm³/mol. The first-order chi connectivity index (χ1) is 7.58. The Labute approximate surface area is 104 Å². The van der Waals surface area contributed by atoms with Crippen molar-refractivity contribution in [3.8, 4) is 0 Å². The number of hydrogen-bond acceptors (Lipinski definition) is 3. The monoisotopic (exact) mass is 242 g/mol. The fourth-order valence-corrected chi connectivity index (χ4v) is 4.08.